The molecule has 0 fully saturated rings. The number of rotatable bonds is 3. The molecular weight excluding hydrogens is 308 g/mol. The Morgan fingerprint density at radius 3 is 3.00 bits per heavy atom. The van der Waals surface area contributed by atoms with Gasteiger partial charge in [-0.25, -0.2) is 0 Å². The maximum atomic E-state index is 11.3. The number of nitro groups is 1. The first-order valence-corrected chi connectivity index (χ1v) is 8.47. The van der Waals surface area contributed by atoms with Gasteiger partial charge < -0.3 is 10.0 Å². The second-order valence-electron chi connectivity index (χ2n) is 5.19. The third-order valence-electron chi connectivity index (χ3n) is 3.86. The lowest BCUT2D eigenvalue weighted by Crippen LogP contribution is -2.32. The second-order valence-corrected chi connectivity index (χ2v) is 7.25. The normalized spacial score (nSPS) is 19.4. The molecule has 0 radical (unpaired) electrons. The number of thiophene rings is 2. The molecule has 0 bridgehead atoms. The average Bonchev–Trinajstić information content (AvgIpc) is 3.05. The number of nitrogens with zero attached hydrogens (tertiary/aromatic N) is 2. The van der Waals surface area contributed by atoms with Crippen LogP contribution in [-0.2, 0) is 6.42 Å². The van der Waals surface area contributed by atoms with E-state index in [-0.39, 0.29) is 16.7 Å². The summed E-state index contributed by atoms with van der Waals surface area (Å²) in [6.45, 7) is 4.49. The smallest absolute Gasteiger partial charge is 0.304 e. The number of aliphatic hydroxyl groups is 1. The highest BCUT2D eigenvalue weighted by Gasteiger charge is 2.32. The molecule has 2 aromatic heterocycles. The van der Waals surface area contributed by atoms with E-state index >= 15 is 0 Å². The molecule has 3 rings (SSSR count). The van der Waals surface area contributed by atoms with E-state index in [0.29, 0.717) is 9.88 Å². The van der Waals surface area contributed by atoms with Crippen LogP contribution < -0.4 is 4.90 Å². The number of aliphatic hydroxyl groups excluding tert-OH is 1. The molecule has 0 saturated carbocycles. The Kier molecular flexibility index (Phi) is 3.73. The lowest BCUT2D eigenvalue weighted by atomic mass is 10.0. The maximum absolute atomic E-state index is 11.3. The molecule has 1 unspecified atom stereocenters. The number of hydrogen-bond donors (Lipinski definition) is 1. The van der Waals surface area contributed by atoms with Crippen LogP contribution in [0.3, 0.4) is 0 Å². The van der Waals surface area contributed by atoms with Crippen molar-refractivity contribution >= 4 is 33.4 Å². The highest BCUT2D eigenvalue weighted by atomic mass is 32.1. The molecule has 0 spiro atoms. The van der Waals surface area contributed by atoms with Crippen molar-refractivity contribution in [3.05, 3.63) is 42.9 Å². The van der Waals surface area contributed by atoms with E-state index in [9.17, 15) is 15.2 Å². The summed E-state index contributed by atoms with van der Waals surface area (Å²) in [6.07, 6.45) is 0.232. The fourth-order valence-electron chi connectivity index (χ4n) is 2.72. The van der Waals surface area contributed by atoms with Crippen molar-refractivity contribution in [2.24, 2.45) is 0 Å². The van der Waals surface area contributed by atoms with Crippen molar-refractivity contribution in [1.82, 2.24) is 0 Å². The van der Waals surface area contributed by atoms with E-state index in [4.69, 9.17) is 0 Å². The molecule has 5 nitrogen and oxygen atoms in total. The van der Waals surface area contributed by atoms with Gasteiger partial charge in [0.25, 0.3) is 0 Å². The van der Waals surface area contributed by atoms with Crippen LogP contribution in [0.4, 0.5) is 10.7 Å². The van der Waals surface area contributed by atoms with Crippen LogP contribution in [0.15, 0.2) is 17.5 Å². The Morgan fingerprint density at radius 1 is 1.57 bits per heavy atom. The minimum absolute atomic E-state index is 0.0985. The predicted octanol–water partition coefficient (Wildman–Crippen LogP) is 3.89. The minimum Gasteiger partial charge on any atom is -0.388 e. The monoisotopic (exact) mass is 324 g/mol. The number of hydrogen-bond acceptors (Lipinski definition) is 6. The van der Waals surface area contributed by atoms with Crippen LogP contribution in [0.25, 0.3) is 0 Å². The fourth-order valence-corrected chi connectivity index (χ4v) is 4.85. The van der Waals surface area contributed by atoms with Crippen LogP contribution in [0.5, 0.6) is 0 Å². The van der Waals surface area contributed by atoms with Gasteiger partial charge in [-0.05, 0) is 37.3 Å². The minimum atomic E-state index is -0.681. The van der Waals surface area contributed by atoms with E-state index in [1.807, 2.05) is 0 Å². The Bertz CT molecular complexity index is 678. The molecule has 0 amide bonds. The maximum Gasteiger partial charge on any atom is 0.304 e. The van der Waals surface area contributed by atoms with Crippen molar-refractivity contribution in [1.29, 1.82) is 0 Å². The molecule has 1 aliphatic heterocycles. The van der Waals surface area contributed by atoms with E-state index in [1.165, 1.54) is 27.8 Å². The zero-order valence-corrected chi connectivity index (χ0v) is 13.4. The average molecular weight is 324 g/mol. The van der Waals surface area contributed by atoms with Crippen molar-refractivity contribution in [3.8, 4) is 0 Å². The molecule has 7 heteroatoms. The Balaban J connectivity index is 2.02. The van der Waals surface area contributed by atoms with Crippen molar-refractivity contribution in [2.75, 3.05) is 11.4 Å². The van der Waals surface area contributed by atoms with Gasteiger partial charge in [0.05, 0.1) is 17.1 Å². The number of anilines is 1. The number of fused-ring (bicyclic) bond motifs is 1. The van der Waals surface area contributed by atoms with Gasteiger partial charge in [-0.1, -0.05) is 0 Å². The Morgan fingerprint density at radius 2 is 2.33 bits per heavy atom. The molecular formula is C14H16N2O3S2. The van der Waals surface area contributed by atoms with E-state index in [2.05, 4.69) is 23.3 Å². The van der Waals surface area contributed by atoms with Crippen LogP contribution in [0.2, 0.25) is 0 Å². The molecule has 2 atom stereocenters. The largest absolute Gasteiger partial charge is 0.388 e. The summed E-state index contributed by atoms with van der Waals surface area (Å²) in [7, 11) is 0. The first-order valence-electron chi connectivity index (χ1n) is 6.78. The first kappa shape index (κ1) is 14.5. The standard InChI is InChI=1S/C14H16N2O3S2/c1-8-10-4-6-20-12(10)3-5-15(8)14-11(16(18)19)7-13(21-14)9(2)17/h4,6-9,17H,3,5H2,1-2H3/t8?,9-/m1/s1. The lowest BCUT2D eigenvalue weighted by molar-refractivity contribution is -0.383. The topological polar surface area (TPSA) is 66.6 Å². The second kappa shape index (κ2) is 5.40. The first-order chi connectivity index (χ1) is 9.99. The predicted molar refractivity (Wildman–Crippen MR) is 85.4 cm³/mol. The van der Waals surface area contributed by atoms with Crippen LogP contribution in [0, 0.1) is 10.1 Å². The van der Waals surface area contributed by atoms with Gasteiger partial charge in [-0.3, -0.25) is 10.1 Å². The van der Waals surface area contributed by atoms with E-state index in [0.717, 1.165) is 13.0 Å². The summed E-state index contributed by atoms with van der Waals surface area (Å²) in [4.78, 5) is 15.1. The van der Waals surface area contributed by atoms with Crippen molar-refractivity contribution < 1.29 is 10.0 Å². The third-order valence-corrected chi connectivity index (χ3v) is 6.19. The van der Waals surface area contributed by atoms with Gasteiger partial charge >= 0.3 is 5.69 Å². The quantitative estimate of drug-likeness (QED) is 0.687. The molecule has 1 N–H and O–H groups in total. The summed E-state index contributed by atoms with van der Waals surface area (Å²) in [5.74, 6) is 0. The molecule has 3 heterocycles. The zero-order valence-electron chi connectivity index (χ0n) is 11.8. The summed E-state index contributed by atoms with van der Waals surface area (Å²) < 4.78 is 0. The molecule has 0 aromatic carbocycles. The molecule has 0 aliphatic carbocycles. The van der Waals surface area contributed by atoms with Crippen molar-refractivity contribution in [3.63, 3.8) is 0 Å². The Labute approximate surface area is 130 Å². The highest BCUT2D eigenvalue weighted by Crippen LogP contribution is 2.45. The summed E-state index contributed by atoms with van der Waals surface area (Å²) in [5, 5.41) is 23.7. The zero-order chi connectivity index (χ0) is 15.1. The molecule has 1 aliphatic rings. The summed E-state index contributed by atoms with van der Waals surface area (Å²) in [6, 6.07) is 3.73. The van der Waals surface area contributed by atoms with Gasteiger partial charge in [0, 0.05) is 22.4 Å². The summed E-state index contributed by atoms with van der Waals surface area (Å²) >= 11 is 3.07. The Hall–Kier alpha value is -1.44. The molecule has 2 aromatic rings. The lowest BCUT2D eigenvalue weighted by Gasteiger charge is -2.33. The van der Waals surface area contributed by atoms with Crippen LogP contribution >= 0.6 is 22.7 Å². The molecule has 0 saturated heterocycles. The van der Waals surface area contributed by atoms with Gasteiger partial charge in [-0.2, -0.15) is 0 Å². The van der Waals surface area contributed by atoms with Crippen LogP contribution in [0.1, 0.15) is 41.3 Å². The molecule has 21 heavy (non-hydrogen) atoms. The fraction of sp³-hybridized carbons (Fsp3) is 0.429. The van der Waals surface area contributed by atoms with Crippen LogP contribution in [-0.4, -0.2) is 16.6 Å². The third kappa shape index (κ3) is 2.45. The van der Waals surface area contributed by atoms with Gasteiger partial charge in [0.2, 0.25) is 0 Å². The SMILES string of the molecule is CC1c2ccsc2CCN1c1sc([C@@H](C)O)cc1[N+](=O)[O-]. The highest BCUT2D eigenvalue weighted by molar-refractivity contribution is 7.16. The van der Waals surface area contributed by atoms with Crippen molar-refractivity contribution in [2.45, 2.75) is 32.4 Å². The molecule has 112 valence electrons. The van der Waals surface area contributed by atoms with Gasteiger partial charge in [-0.15, -0.1) is 22.7 Å². The van der Waals surface area contributed by atoms with Gasteiger partial charge in [0.1, 0.15) is 0 Å². The van der Waals surface area contributed by atoms with Gasteiger partial charge in [0.15, 0.2) is 5.00 Å². The van der Waals surface area contributed by atoms with E-state index in [1.54, 1.807) is 18.3 Å². The summed E-state index contributed by atoms with van der Waals surface area (Å²) in [5.41, 5.74) is 1.36. The van der Waals surface area contributed by atoms with E-state index < -0.39 is 6.10 Å².